The van der Waals surface area contributed by atoms with Gasteiger partial charge in [-0.2, -0.15) is 0 Å². The average molecular weight is 296 g/mol. The zero-order valence-corrected chi connectivity index (χ0v) is 10.6. The molecule has 0 spiro atoms. The van der Waals surface area contributed by atoms with Crippen molar-refractivity contribution in [1.29, 1.82) is 0 Å². The predicted octanol–water partition coefficient (Wildman–Crippen LogP) is -4.08. The molecule has 0 amide bonds. The van der Waals surface area contributed by atoms with E-state index in [9.17, 15) is 25.5 Å². The van der Waals surface area contributed by atoms with E-state index in [-0.39, 0.29) is 13.2 Å². The van der Waals surface area contributed by atoms with Crippen molar-refractivity contribution in [2.24, 2.45) is 0 Å². The second-order valence-electron chi connectivity index (χ2n) is 4.96. The summed E-state index contributed by atoms with van der Waals surface area (Å²) in [4.78, 5) is 0. The molecule has 0 aromatic rings. The molecule has 4 unspecified atom stereocenters. The quantitative estimate of drug-likeness (QED) is 0.304. The SMILES string of the molecule is OCC1O[C@@H](OC[C@H]2OCC(O)C2O)C(O)[C@@H](O)[C@H]1O. The van der Waals surface area contributed by atoms with Crippen molar-refractivity contribution in [3.05, 3.63) is 0 Å². The zero-order valence-electron chi connectivity index (χ0n) is 10.6. The molecule has 9 nitrogen and oxygen atoms in total. The minimum atomic E-state index is -1.52. The summed E-state index contributed by atoms with van der Waals surface area (Å²) < 4.78 is 15.4. The number of ether oxygens (including phenoxy) is 3. The van der Waals surface area contributed by atoms with E-state index in [2.05, 4.69) is 0 Å². The topological polar surface area (TPSA) is 149 Å². The maximum absolute atomic E-state index is 9.72. The van der Waals surface area contributed by atoms with Crippen LogP contribution in [-0.2, 0) is 14.2 Å². The first-order chi connectivity index (χ1) is 9.45. The molecule has 0 aromatic carbocycles. The molecule has 0 bridgehead atoms. The third kappa shape index (κ3) is 3.11. The zero-order chi connectivity index (χ0) is 14.9. The van der Waals surface area contributed by atoms with Crippen LogP contribution in [0.25, 0.3) is 0 Å². The van der Waals surface area contributed by atoms with E-state index in [0.717, 1.165) is 0 Å². The Morgan fingerprint density at radius 3 is 2.15 bits per heavy atom. The largest absolute Gasteiger partial charge is 0.394 e. The maximum Gasteiger partial charge on any atom is 0.186 e. The van der Waals surface area contributed by atoms with Crippen LogP contribution in [0.2, 0.25) is 0 Å². The Balaban J connectivity index is 1.88. The fraction of sp³-hybridized carbons (Fsp3) is 1.00. The van der Waals surface area contributed by atoms with Crippen LogP contribution in [0.5, 0.6) is 0 Å². The van der Waals surface area contributed by atoms with Crippen molar-refractivity contribution < 1.29 is 44.8 Å². The van der Waals surface area contributed by atoms with Crippen LogP contribution in [0.4, 0.5) is 0 Å². The Kier molecular flexibility index (Phi) is 5.29. The second-order valence-corrected chi connectivity index (χ2v) is 4.96. The van der Waals surface area contributed by atoms with E-state index in [1.807, 2.05) is 0 Å². The van der Waals surface area contributed by atoms with Crippen molar-refractivity contribution in [3.63, 3.8) is 0 Å². The van der Waals surface area contributed by atoms with Gasteiger partial charge in [-0.25, -0.2) is 0 Å². The molecule has 0 saturated carbocycles. The summed E-state index contributed by atoms with van der Waals surface area (Å²) in [5.41, 5.74) is 0. The average Bonchev–Trinajstić information content (AvgIpc) is 2.76. The van der Waals surface area contributed by atoms with Crippen molar-refractivity contribution in [2.45, 2.75) is 49.0 Å². The van der Waals surface area contributed by atoms with Crippen molar-refractivity contribution in [3.8, 4) is 0 Å². The molecule has 2 rings (SSSR count). The van der Waals surface area contributed by atoms with E-state index in [4.69, 9.17) is 19.3 Å². The van der Waals surface area contributed by atoms with Crippen LogP contribution in [0.1, 0.15) is 0 Å². The van der Waals surface area contributed by atoms with Crippen molar-refractivity contribution >= 4 is 0 Å². The Hall–Kier alpha value is -0.360. The van der Waals surface area contributed by atoms with Crippen molar-refractivity contribution in [1.82, 2.24) is 0 Å². The molecule has 2 fully saturated rings. The summed E-state index contributed by atoms with van der Waals surface area (Å²) in [6.45, 7) is -0.753. The predicted molar refractivity (Wildman–Crippen MR) is 61.5 cm³/mol. The van der Waals surface area contributed by atoms with Gasteiger partial charge in [0.25, 0.3) is 0 Å². The molecular weight excluding hydrogens is 276 g/mol. The lowest BCUT2D eigenvalue weighted by Gasteiger charge is -2.39. The van der Waals surface area contributed by atoms with Crippen LogP contribution in [0.3, 0.4) is 0 Å². The highest BCUT2D eigenvalue weighted by Crippen LogP contribution is 2.23. The van der Waals surface area contributed by atoms with Crippen LogP contribution in [-0.4, -0.2) is 99.5 Å². The van der Waals surface area contributed by atoms with Gasteiger partial charge in [-0.3, -0.25) is 0 Å². The molecule has 2 aliphatic heterocycles. The molecule has 0 radical (unpaired) electrons. The van der Waals surface area contributed by atoms with Crippen molar-refractivity contribution in [2.75, 3.05) is 19.8 Å². The van der Waals surface area contributed by atoms with E-state index in [0.29, 0.717) is 0 Å². The third-order valence-electron chi connectivity index (χ3n) is 3.53. The monoisotopic (exact) mass is 296 g/mol. The van der Waals surface area contributed by atoms with Crippen LogP contribution < -0.4 is 0 Å². The lowest BCUT2D eigenvalue weighted by Crippen LogP contribution is -2.59. The summed E-state index contributed by atoms with van der Waals surface area (Å²) in [6.07, 6.45) is -9.71. The molecule has 8 atom stereocenters. The van der Waals surface area contributed by atoms with Gasteiger partial charge in [0.2, 0.25) is 0 Å². The molecule has 0 aromatic heterocycles. The first-order valence-corrected chi connectivity index (χ1v) is 6.35. The molecule has 9 heteroatoms. The van der Waals surface area contributed by atoms with Crippen LogP contribution in [0.15, 0.2) is 0 Å². The summed E-state index contributed by atoms with van der Waals surface area (Å²) >= 11 is 0. The maximum atomic E-state index is 9.72. The molecule has 2 saturated heterocycles. The molecular formula is C11H20O9. The van der Waals surface area contributed by atoms with Gasteiger partial charge in [-0.05, 0) is 0 Å². The smallest absolute Gasteiger partial charge is 0.186 e. The molecule has 2 heterocycles. The third-order valence-corrected chi connectivity index (χ3v) is 3.53. The Bertz CT molecular complexity index is 312. The van der Waals surface area contributed by atoms with Crippen LogP contribution >= 0.6 is 0 Å². The normalized spacial score (nSPS) is 49.5. The van der Waals surface area contributed by atoms with Gasteiger partial charge in [0.1, 0.15) is 42.7 Å². The Morgan fingerprint density at radius 1 is 0.900 bits per heavy atom. The number of hydrogen-bond acceptors (Lipinski definition) is 9. The first kappa shape index (κ1) is 16.0. The number of aliphatic hydroxyl groups is 6. The van der Waals surface area contributed by atoms with Gasteiger partial charge in [-0.1, -0.05) is 0 Å². The summed E-state index contributed by atoms with van der Waals surface area (Å²) in [7, 11) is 0. The van der Waals surface area contributed by atoms with Gasteiger partial charge >= 0.3 is 0 Å². The molecule has 20 heavy (non-hydrogen) atoms. The molecule has 0 aliphatic carbocycles. The second kappa shape index (κ2) is 6.60. The lowest BCUT2D eigenvalue weighted by atomic mass is 9.99. The van der Waals surface area contributed by atoms with Crippen LogP contribution in [0, 0.1) is 0 Å². The van der Waals surface area contributed by atoms with Gasteiger partial charge in [0.05, 0.1) is 19.8 Å². The molecule has 2 aliphatic rings. The number of rotatable bonds is 4. The Labute approximate surface area is 114 Å². The van der Waals surface area contributed by atoms with E-state index in [1.54, 1.807) is 0 Å². The number of hydrogen-bond donors (Lipinski definition) is 6. The summed E-state index contributed by atoms with van der Waals surface area (Å²) in [5, 5.41) is 56.7. The highest BCUT2D eigenvalue weighted by Gasteiger charge is 2.45. The van der Waals surface area contributed by atoms with E-state index in [1.165, 1.54) is 0 Å². The highest BCUT2D eigenvalue weighted by atomic mass is 16.7. The molecule has 6 N–H and O–H groups in total. The fourth-order valence-corrected chi connectivity index (χ4v) is 2.21. The minimum Gasteiger partial charge on any atom is -0.394 e. The minimum absolute atomic E-state index is 0.0239. The lowest BCUT2D eigenvalue weighted by molar-refractivity contribution is -0.305. The number of aliphatic hydroxyl groups excluding tert-OH is 6. The Morgan fingerprint density at radius 2 is 1.60 bits per heavy atom. The standard InChI is InChI=1S/C11H20O9/c12-1-5-8(15)9(16)10(17)11(20-5)19-3-6-7(14)4(13)2-18-6/h4-17H,1-3H2/t4?,5?,6-,7?,8+,9+,10?,11-/m1/s1. The van der Waals surface area contributed by atoms with E-state index < -0.39 is 55.6 Å². The summed E-state index contributed by atoms with van der Waals surface area (Å²) in [6, 6.07) is 0. The van der Waals surface area contributed by atoms with Gasteiger partial charge < -0.3 is 44.8 Å². The first-order valence-electron chi connectivity index (χ1n) is 6.35. The van der Waals surface area contributed by atoms with E-state index >= 15 is 0 Å². The summed E-state index contributed by atoms with van der Waals surface area (Å²) in [5.74, 6) is 0. The highest BCUT2D eigenvalue weighted by molar-refractivity contribution is 4.89. The van der Waals surface area contributed by atoms with Gasteiger partial charge in [-0.15, -0.1) is 0 Å². The fourth-order valence-electron chi connectivity index (χ4n) is 2.21. The van der Waals surface area contributed by atoms with Gasteiger partial charge in [0, 0.05) is 0 Å². The molecule has 118 valence electrons. The van der Waals surface area contributed by atoms with Gasteiger partial charge in [0.15, 0.2) is 6.29 Å².